The maximum absolute atomic E-state index is 13.1. The molecule has 0 aromatic heterocycles. The summed E-state index contributed by atoms with van der Waals surface area (Å²) in [6.45, 7) is 19.1. The molecule has 4 unspecified atom stereocenters. The van der Waals surface area contributed by atoms with Gasteiger partial charge in [0, 0.05) is 34.4 Å². The maximum Gasteiger partial charge on any atom is 0.316 e. The maximum atomic E-state index is 13.1. The number of aliphatic hydroxyl groups is 1. The number of nitrogens with zero attached hydrogens (tertiary/aromatic N) is 1. The van der Waals surface area contributed by atoms with Gasteiger partial charge >= 0.3 is 5.97 Å². The van der Waals surface area contributed by atoms with Crippen LogP contribution in [0.15, 0.2) is 12.1 Å². The Hall–Kier alpha value is -1.59. The van der Waals surface area contributed by atoms with Crippen molar-refractivity contribution in [2.24, 2.45) is 33.5 Å². The van der Waals surface area contributed by atoms with Crippen LogP contribution in [0, 0.1) is 33.5 Å². The van der Waals surface area contributed by atoms with Crippen molar-refractivity contribution in [3.05, 3.63) is 23.3 Å². The summed E-state index contributed by atoms with van der Waals surface area (Å²) in [6, 6.07) is 4.71. The summed E-state index contributed by atoms with van der Waals surface area (Å²) < 4.78 is 13.3. The molecule has 5 heteroatoms. The molecule has 4 bridgehead atoms. The number of benzene rings is 1. The van der Waals surface area contributed by atoms with Crippen LogP contribution < -0.4 is 9.47 Å². The number of piperidine rings is 1. The van der Waals surface area contributed by atoms with Crippen LogP contribution in [0.1, 0.15) is 105 Å². The minimum Gasteiger partial charge on any atom is -0.485 e. The Morgan fingerprint density at radius 3 is 2.46 bits per heavy atom. The van der Waals surface area contributed by atoms with Crippen molar-refractivity contribution < 1.29 is 19.4 Å². The molecule has 2 spiro atoms. The van der Waals surface area contributed by atoms with Crippen molar-refractivity contribution in [1.29, 1.82) is 0 Å². The molecule has 4 saturated carbocycles. The molecule has 2 heterocycles. The predicted molar refractivity (Wildman–Crippen MR) is 152 cm³/mol. The quantitative estimate of drug-likeness (QED) is 0.363. The number of ether oxygens (including phenoxy) is 2. The zero-order valence-corrected chi connectivity index (χ0v) is 25.4. The number of rotatable bonds is 4. The van der Waals surface area contributed by atoms with Crippen molar-refractivity contribution in [3.63, 3.8) is 0 Å². The summed E-state index contributed by atoms with van der Waals surface area (Å²) in [5.74, 6) is 2.19. The molecule has 1 aromatic carbocycles. The van der Waals surface area contributed by atoms with Crippen LogP contribution in [0.25, 0.3) is 0 Å². The van der Waals surface area contributed by atoms with Gasteiger partial charge in [-0.3, -0.25) is 9.69 Å². The first-order valence-corrected chi connectivity index (χ1v) is 15.6. The highest BCUT2D eigenvalue weighted by Gasteiger charge is 2.80. The molecule has 0 amide bonds. The van der Waals surface area contributed by atoms with Gasteiger partial charge in [-0.15, -0.1) is 0 Å². The Labute approximate surface area is 235 Å². The minimum atomic E-state index is -0.827. The molecular formula is C34H49NO4. The third-order valence-electron chi connectivity index (χ3n) is 12.8. The zero-order valence-electron chi connectivity index (χ0n) is 25.4. The predicted octanol–water partition coefficient (Wildman–Crippen LogP) is 6.28. The lowest BCUT2D eigenvalue weighted by Gasteiger charge is -2.75. The van der Waals surface area contributed by atoms with Gasteiger partial charge in [-0.25, -0.2) is 0 Å². The summed E-state index contributed by atoms with van der Waals surface area (Å²) in [5.41, 5.74) is 0.906. The number of hydrogen-bond donors (Lipinski definition) is 1. The SMILES string of the molecule is CC(C)(C)C(=O)Oc1ccc2c3c1OC1C4(C)CCC5(C[C@@H]4[C@@](C)(O)C(C)(C)C)C(C2)N(CC2CC2)CC[C@]315. The first-order valence-electron chi connectivity index (χ1n) is 15.6. The van der Waals surface area contributed by atoms with E-state index in [2.05, 4.69) is 45.6 Å². The molecule has 1 aromatic rings. The highest BCUT2D eigenvalue weighted by atomic mass is 16.6. The van der Waals surface area contributed by atoms with Crippen LogP contribution in [0.2, 0.25) is 0 Å². The van der Waals surface area contributed by atoms with E-state index in [9.17, 15) is 9.90 Å². The fourth-order valence-electron chi connectivity index (χ4n) is 10.0. The average Bonchev–Trinajstić information content (AvgIpc) is 3.57. The molecule has 8 rings (SSSR count). The van der Waals surface area contributed by atoms with Crippen LogP contribution in [0.5, 0.6) is 11.5 Å². The number of fused-ring (bicyclic) bond motifs is 2. The Bertz CT molecular complexity index is 1230. The van der Waals surface area contributed by atoms with Crippen molar-refractivity contribution in [2.75, 3.05) is 13.1 Å². The van der Waals surface area contributed by atoms with E-state index in [-0.39, 0.29) is 39.7 Å². The second-order valence-electron chi connectivity index (χ2n) is 16.8. The lowest BCUT2D eigenvalue weighted by Crippen LogP contribution is -2.80. The monoisotopic (exact) mass is 535 g/mol. The molecule has 2 aliphatic heterocycles. The molecule has 1 N–H and O–H groups in total. The van der Waals surface area contributed by atoms with Gasteiger partial charge in [-0.05, 0) is 108 Å². The highest BCUT2D eigenvalue weighted by molar-refractivity contribution is 5.79. The van der Waals surface area contributed by atoms with E-state index < -0.39 is 11.0 Å². The molecule has 1 saturated heterocycles. The molecule has 5 aliphatic carbocycles. The second-order valence-corrected chi connectivity index (χ2v) is 16.8. The van der Waals surface area contributed by atoms with Gasteiger partial charge in [-0.1, -0.05) is 33.8 Å². The summed E-state index contributed by atoms with van der Waals surface area (Å²) in [4.78, 5) is 15.9. The molecule has 7 atom stereocenters. The van der Waals surface area contributed by atoms with Crippen molar-refractivity contribution in [1.82, 2.24) is 4.90 Å². The number of carbonyl (C=O) groups excluding carboxylic acids is 1. The topological polar surface area (TPSA) is 59.0 Å². The molecule has 5 nitrogen and oxygen atoms in total. The highest BCUT2D eigenvalue weighted by Crippen LogP contribution is 2.79. The van der Waals surface area contributed by atoms with Crippen molar-refractivity contribution in [2.45, 2.75) is 123 Å². The van der Waals surface area contributed by atoms with Gasteiger partial charge in [0.25, 0.3) is 0 Å². The summed E-state index contributed by atoms with van der Waals surface area (Å²) >= 11 is 0. The molecule has 7 aliphatic rings. The lowest BCUT2D eigenvalue weighted by atomic mass is 9.31. The van der Waals surface area contributed by atoms with E-state index in [1.165, 1.54) is 36.9 Å². The first kappa shape index (κ1) is 26.3. The van der Waals surface area contributed by atoms with Crippen LogP contribution in [-0.4, -0.2) is 46.8 Å². The number of likely N-dealkylation sites (tertiary alicyclic amines) is 1. The van der Waals surface area contributed by atoms with Gasteiger partial charge < -0.3 is 14.6 Å². The van der Waals surface area contributed by atoms with Gasteiger partial charge in [0.1, 0.15) is 6.10 Å². The molecule has 214 valence electrons. The Kier molecular flexibility index (Phi) is 5.14. The van der Waals surface area contributed by atoms with Crippen LogP contribution >= 0.6 is 0 Å². The van der Waals surface area contributed by atoms with E-state index in [0.29, 0.717) is 11.8 Å². The molecule has 5 fully saturated rings. The first-order chi connectivity index (χ1) is 18.1. The van der Waals surface area contributed by atoms with Crippen molar-refractivity contribution >= 4 is 5.97 Å². The number of esters is 1. The van der Waals surface area contributed by atoms with Gasteiger partial charge in [0.15, 0.2) is 11.5 Å². The van der Waals surface area contributed by atoms with E-state index in [1.54, 1.807) is 0 Å². The van der Waals surface area contributed by atoms with Gasteiger partial charge in [0.2, 0.25) is 0 Å². The van der Waals surface area contributed by atoms with E-state index >= 15 is 0 Å². The minimum absolute atomic E-state index is 0.0135. The normalized spacial score (nSPS) is 40.1. The Morgan fingerprint density at radius 1 is 1.10 bits per heavy atom. The Balaban J connectivity index is 1.42. The zero-order chi connectivity index (χ0) is 28.0. The lowest BCUT2D eigenvalue weighted by molar-refractivity contribution is -0.276. The number of carbonyl (C=O) groups is 1. The smallest absolute Gasteiger partial charge is 0.316 e. The summed E-state index contributed by atoms with van der Waals surface area (Å²) in [6.07, 6.45) is 8.16. The molecular weight excluding hydrogens is 486 g/mol. The Morgan fingerprint density at radius 2 is 1.82 bits per heavy atom. The van der Waals surface area contributed by atoms with Crippen LogP contribution in [0.3, 0.4) is 0 Å². The summed E-state index contributed by atoms with van der Waals surface area (Å²) in [7, 11) is 0. The van der Waals surface area contributed by atoms with Crippen LogP contribution in [0.4, 0.5) is 0 Å². The second kappa shape index (κ2) is 7.62. The van der Waals surface area contributed by atoms with E-state index in [4.69, 9.17) is 9.47 Å². The van der Waals surface area contributed by atoms with Gasteiger partial charge in [-0.2, -0.15) is 0 Å². The standard InChI is InChI=1S/C34H49NO4/c1-29(2,3)28(36)38-22-12-11-21-17-24-33-14-13-31(7,23(18-33)32(8,37)30(4,5)6)27-34(33,25(21)26(22)39-27)15-16-35(24)19-20-9-10-20/h11-12,20,23-24,27,37H,9-10,13-19H2,1-8H3/t23-,24?,27?,31?,32+,33?,34-/m0/s1. The van der Waals surface area contributed by atoms with E-state index in [0.717, 1.165) is 43.9 Å². The largest absolute Gasteiger partial charge is 0.485 e. The average molecular weight is 536 g/mol. The summed E-state index contributed by atoms with van der Waals surface area (Å²) in [5, 5.41) is 12.3. The fourth-order valence-corrected chi connectivity index (χ4v) is 10.0. The van der Waals surface area contributed by atoms with Crippen LogP contribution in [-0.2, 0) is 16.6 Å². The third-order valence-corrected chi connectivity index (χ3v) is 12.8. The van der Waals surface area contributed by atoms with Gasteiger partial charge in [0.05, 0.1) is 11.0 Å². The third kappa shape index (κ3) is 3.18. The molecule has 0 radical (unpaired) electrons. The molecule has 39 heavy (non-hydrogen) atoms. The van der Waals surface area contributed by atoms with Crippen molar-refractivity contribution in [3.8, 4) is 11.5 Å². The van der Waals surface area contributed by atoms with E-state index in [1.807, 2.05) is 26.8 Å². The number of hydrogen-bond acceptors (Lipinski definition) is 5. The fraction of sp³-hybridized carbons (Fsp3) is 0.794.